The van der Waals surface area contributed by atoms with E-state index in [9.17, 15) is 9.00 Å². The van der Waals surface area contributed by atoms with Gasteiger partial charge in [0.1, 0.15) is 5.82 Å². The fourth-order valence-electron chi connectivity index (χ4n) is 2.16. The van der Waals surface area contributed by atoms with Crippen LogP contribution in [0.1, 0.15) is 29.4 Å². The van der Waals surface area contributed by atoms with Crippen molar-refractivity contribution in [1.82, 2.24) is 9.88 Å². The standard InChI is InChI=1S/C14H21N3O2S/c1-3-4-15-13-10-12(9-11(2)16-13)14(18)17-5-7-20(19)8-6-17/h9-10H,3-8H2,1-2H3,(H,15,16). The molecule has 1 aliphatic heterocycles. The first-order valence-corrected chi connectivity index (χ1v) is 8.45. The topological polar surface area (TPSA) is 62.3 Å². The van der Waals surface area contributed by atoms with E-state index in [0.717, 1.165) is 24.5 Å². The number of hydrogen-bond acceptors (Lipinski definition) is 4. The van der Waals surface area contributed by atoms with E-state index in [4.69, 9.17) is 0 Å². The molecule has 0 spiro atoms. The highest BCUT2D eigenvalue weighted by molar-refractivity contribution is 7.85. The van der Waals surface area contributed by atoms with Crippen LogP contribution >= 0.6 is 0 Å². The highest BCUT2D eigenvalue weighted by Crippen LogP contribution is 2.14. The quantitative estimate of drug-likeness (QED) is 0.912. The molecule has 0 aliphatic carbocycles. The van der Waals surface area contributed by atoms with Gasteiger partial charge in [0.25, 0.3) is 5.91 Å². The average Bonchev–Trinajstić information content (AvgIpc) is 2.44. The normalized spacial score (nSPS) is 16.2. The number of carbonyl (C=O) groups excluding carboxylic acids is 1. The lowest BCUT2D eigenvalue weighted by Crippen LogP contribution is -2.41. The minimum atomic E-state index is -0.766. The van der Waals surface area contributed by atoms with Gasteiger partial charge >= 0.3 is 0 Å². The highest BCUT2D eigenvalue weighted by Gasteiger charge is 2.21. The Labute approximate surface area is 122 Å². The Hall–Kier alpha value is -1.43. The van der Waals surface area contributed by atoms with Gasteiger partial charge in [-0.05, 0) is 25.5 Å². The molecule has 5 nitrogen and oxygen atoms in total. The number of anilines is 1. The Morgan fingerprint density at radius 3 is 2.75 bits per heavy atom. The number of pyridine rings is 1. The van der Waals surface area contributed by atoms with Crippen molar-refractivity contribution >= 4 is 22.5 Å². The van der Waals surface area contributed by atoms with Crippen LogP contribution in [0.2, 0.25) is 0 Å². The Kier molecular flexibility index (Phi) is 5.11. The summed E-state index contributed by atoms with van der Waals surface area (Å²) < 4.78 is 11.3. The number of aryl methyl sites for hydroxylation is 1. The molecule has 0 bridgehead atoms. The van der Waals surface area contributed by atoms with E-state index in [2.05, 4.69) is 17.2 Å². The maximum Gasteiger partial charge on any atom is 0.254 e. The molecule has 0 radical (unpaired) electrons. The molecule has 1 aliphatic rings. The van der Waals surface area contributed by atoms with Crippen molar-refractivity contribution in [3.63, 3.8) is 0 Å². The van der Waals surface area contributed by atoms with E-state index in [1.54, 1.807) is 11.0 Å². The Balaban J connectivity index is 2.12. The summed E-state index contributed by atoms with van der Waals surface area (Å²) in [7, 11) is -0.766. The third kappa shape index (κ3) is 3.79. The summed E-state index contributed by atoms with van der Waals surface area (Å²) in [5.74, 6) is 1.91. The summed E-state index contributed by atoms with van der Waals surface area (Å²) in [5, 5.41) is 3.21. The monoisotopic (exact) mass is 295 g/mol. The Bertz CT molecular complexity index is 509. The predicted molar refractivity (Wildman–Crippen MR) is 81.5 cm³/mol. The van der Waals surface area contributed by atoms with Gasteiger partial charge in [-0.25, -0.2) is 4.98 Å². The number of aromatic nitrogens is 1. The van der Waals surface area contributed by atoms with Crippen LogP contribution in [0.4, 0.5) is 5.82 Å². The second-order valence-electron chi connectivity index (χ2n) is 4.95. The lowest BCUT2D eigenvalue weighted by Gasteiger charge is -2.26. The minimum absolute atomic E-state index is 0.00625. The van der Waals surface area contributed by atoms with Gasteiger partial charge in [-0.15, -0.1) is 0 Å². The summed E-state index contributed by atoms with van der Waals surface area (Å²) in [6, 6.07) is 3.61. The minimum Gasteiger partial charge on any atom is -0.370 e. The maximum absolute atomic E-state index is 12.5. The van der Waals surface area contributed by atoms with Crippen LogP contribution in [0.5, 0.6) is 0 Å². The molecule has 20 heavy (non-hydrogen) atoms. The van der Waals surface area contributed by atoms with Crippen molar-refractivity contribution in [3.8, 4) is 0 Å². The smallest absolute Gasteiger partial charge is 0.254 e. The molecular weight excluding hydrogens is 274 g/mol. The third-order valence-electron chi connectivity index (χ3n) is 3.22. The van der Waals surface area contributed by atoms with Crippen LogP contribution in [0, 0.1) is 6.92 Å². The van der Waals surface area contributed by atoms with Gasteiger partial charge in [0.05, 0.1) is 0 Å². The summed E-state index contributed by atoms with van der Waals surface area (Å²) in [6.45, 7) is 5.96. The van der Waals surface area contributed by atoms with E-state index < -0.39 is 10.8 Å². The first-order valence-electron chi connectivity index (χ1n) is 6.97. The SMILES string of the molecule is CCCNc1cc(C(=O)N2CCS(=O)CC2)cc(C)n1. The van der Waals surface area contributed by atoms with Crippen LogP contribution in [0.25, 0.3) is 0 Å². The van der Waals surface area contributed by atoms with Crippen LogP contribution in [-0.4, -0.2) is 51.1 Å². The van der Waals surface area contributed by atoms with Gasteiger partial charge in [0, 0.05) is 53.2 Å². The number of rotatable bonds is 4. The van der Waals surface area contributed by atoms with Gasteiger partial charge in [0.2, 0.25) is 0 Å². The van der Waals surface area contributed by atoms with Gasteiger partial charge in [0.15, 0.2) is 0 Å². The van der Waals surface area contributed by atoms with Gasteiger partial charge < -0.3 is 10.2 Å². The molecule has 0 saturated carbocycles. The van der Waals surface area contributed by atoms with Crippen LogP contribution in [0.15, 0.2) is 12.1 Å². The molecule has 0 aromatic carbocycles. The number of amides is 1. The molecular formula is C14H21N3O2S. The van der Waals surface area contributed by atoms with Gasteiger partial charge in [-0.2, -0.15) is 0 Å². The van der Waals surface area contributed by atoms with Crippen molar-refractivity contribution in [3.05, 3.63) is 23.4 Å². The van der Waals surface area contributed by atoms with E-state index >= 15 is 0 Å². The average molecular weight is 295 g/mol. The largest absolute Gasteiger partial charge is 0.370 e. The lowest BCUT2D eigenvalue weighted by atomic mass is 10.2. The number of carbonyl (C=O) groups is 1. The van der Waals surface area contributed by atoms with Crippen molar-refractivity contribution in [2.24, 2.45) is 0 Å². The summed E-state index contributed by atoms with van der Waals surface area (Å²) in [4.78, 5) is 18.6. The number of hydrogen-bond donors (Lipinski definition) is 1. The molecule has 0 atom stereocenters. The third-order valence-corrected chi connectivity index (χ3v) is 4.50. The van der Waals surface area contributed by atoms with Crippen molar-refractivity contribution in [2.75, 3.05) is 36.5 Å². The molecule has 2 rings (SSSR count). The molecule has 1 fully saturated rings. The number of nitrogens with one attached hydrogen (secondary N) is 1. The Morgan fingerprint density at radius 2 is 2.10 bits per heavy atom. The summed E-state index contributed by atoms with van der Waals surface area (Å²) >= 11 is 0. The Morgan fingerprint density at radius 1 is 1.40 bits per heavy atom. The van der Waals surface area contributed by atoms with Crippen molar-refractivity contribution in [2.45, 2.75) is 20.3 Å². The van der Waals surface area contributed by atoms with Crippen LogP contribution in [0.3, 0.4) is 0 Å². The van der Waals surface area contributed by atoms with Crippen LogP contribution in [-0.2, 0) is 10.8 Å². The molecule has 1 aromatic rings. The molecule has 2 heterocycles. The van der Waals surface area contributed by atoms with E-state index in [0.29, 0.717) is 30.2 Å². The first kappa shape index (κ1) is 15.0. The molecule has 1 amide bonds. The zero-order chi connectivity index (χ0) is 14.5. The molecule has 6 heteroatoms. The fourth-order valence-corrected chi connectivity index (χ4v) is 3.21. The second-order valence-corrected chi connectivity index (χ2v) is 6.65. The predicted octanol–water partition coefficient (Wildman–Crippen LogP) is 1.42. The molecule has 0 unspecified atom stereocenters. The van der Waals surface area contributed by atoms with E-state index in [1.165, 1.54) is 0 Å². The van der Waals surface area contributed by atoms with Gasteiger partial charge in [-0.1, -0.05) is 6.92 Å². The number of nitrogens with zero attached hydrogens (tertiary/aromatic N) is 2. The molecule has 1 N–H and O–H groups in total. The zero-order valence-electron chi connectivity index (χ0n) is 12.0. The summed E-state index contributed by atoms with van der Waals surface area (Å²) in [6.07, 6.45) is 1.01. The fraction of sp³-hybridized carbons (Fsp3) is 0.571. The maximum atomic E-state index is 12.5. The summed E-state index contributed by atoms with van der Waals surface area (Å²) in [5.41, 5.74) is 1.49. The second kappa shape index (κ2) is 6.83. The van der Waals surface area contributed by atoms with E-state index in [1.807, 2.05) is 13.0 Å². The van der Waals surface area contributed by atoms with Crippen LogP contribution < -0.4 is 5.32 Å². The zero-order valence-corrected chi connectivity index (χ0v) is 12.8. The lowest BCUT2D eigenvalue weighted by molar-refractivity contribution is 0.0771. The molecule has 110 valence electrons. The van der Waals surface area contributed by atoms with Gasteiger partial charge in [-0.3, -0.25) is 9.00 Å². The first-order chi connectivity index (χ1) is 9.60. The van der Waals surface area contributed by atoms with Crippen molar-refractivity contribution in [1.29, 1.82) is 0 Å². The molecule has 1 saturated heterocycles. The highest BCUT2D eigenvalue weighted by atomic mass is 32.2. The van der Waals surface area contributed by atoms with E-state index in [-0.39, 0.29) is 5.91 Å². The molecule has 1 aromatic heterocycles. The van der Waals surface area contributed by atoms with Crippen molar-refractivity contribution < 1.29 is 9.00 Å².